The van der Waals surface area contributed by atoms with E-state index in [1.807, 2.05) is 0 Å². The highest BCUT2D eigenvalue weighted by Gasteiger charge is 2.09. The molecule has 3 N–H and O–H groups in total. The van der Waals surface area contributed by atoms with Crippen molar-refractivity contribution in [1.29, 1.82) is 0 Å². The molecular formula is C17H14Cl2N2O5S. The summed E-state index contributed by atoms with van der Waals surface area (Å²) in [6.07, 6.45) is 2.61. The van der Waals surface area contributed by atoms with Crippen molar-refractivity contribution in [3.05, 3.63) is 64.1 Å². The van der Waals surface area contributed by atoms with Gasteiger partial charge in [-0.1, -0.05) is 29.3 Å². The molecule has 2 rings (SSSR count). The molecule has 0 heterocycles. The summed E-state index contributed by atoms with van der Waals surface area (Å²) in [5.74, 6) is -1.31. The summed E-state index contributed by atoms with van der Waals surface area (Å²) in [6.45, 7) is -0.512. The molecule has 0 unspecified atom stereocenters. The Kier molecular flexibility index (Phi) is 6.98. The van der Waals surface area contributed by atoms with Crippen LogP contribution in [0.25, 0.3) is 6.08 Å². The molecule has 0 bridgehead atoms. The molecule has 142 valence electrons. The molecule has 2 aromatic rings. The fraction of sp³-hybridized carbons (Fsp3) is 0.0588. The van der Waals surface area contributed by atoms with Crippen LogP contribution in [0, 0.1) is 0 Å². The van der Waals surface area contributed by atoms with E-state index >= 15 is 0 Å². The molecule has 7 nitrogen and oxygen atoms in total. The molecule has 0 saturated carbocycles. The zero-order valence-corrected chi connectivity index (χ0v) is 16.0. The number of carbonyl (C=O) groups excluding carboxylic acids is 2. The van der Waals surface area contributed by atoms with Gasteiger partial charge < -0.3 is 10.1 Å². The third kappa shape index (κ3) is 6.69. The van der Waals surface area contributed by atoms with Crippen LogP contribution in [0.2, 0.25) is 10.0 Å². The first kappa shape index (κ1) is 20.9. The Labute approximate surface area is 165 Å². The quantitative estimate of drug-likeness (QED) is 0.541. The Hall–Kier alpha value is -2.39. The zero-order valence-electron chi connectivity index (χ0n) is 13.7. The molecule has 0 aliphatic heterocycles. The van der Waals surface area contributed by atoms with Crippen molar-refractivity contribution in [2.45, 2.75) is 4.90 Å². The van der Waals surface area contributed by atoms with Crippen LogP contribution in [0.3, 0.4) is 0 Å². The molecule has 0 saturated heterocycles. The number of rotatable bonds is 6. The monoisotopic (exact) mass is 428 g/mol. The van der Waals surface area contributed by atoms with Crippen molar-refractivity contribution < 1.29 is 22.7 Å². The SMILES string of the molecule is NS(=O)(=O)c1ccc(NC(=O)COC(=O)/C=C/c2ccc(Cl)c(Cl)c2)cc1. The van der Waals surface area contributed by atoms with Crippen LogP contribution < -0.4 is 10.5 Å². The molecule has 0 spiro atoms. The molecule has 0 fully saturated rings. The van der Waals surface area contributed by atoms with E-state index in [1.165, 1.54) is 30.3 Å². The molecule has 0 aliphatic rings. The predicted octanol–water partition coefficient (Wildman–Crippen LogP) is 2.84. The van der Waals surface area contributed by atoms with Gasteiger partial charge in [0.15, 0.2) is 6.61 Å². The average Bonchev–Trinajstić information content (AvgIpc) is 2.60. The minimum absolute atomic E-state index is 0.0839. The summed E-state index contributed by atoms with van der Waals surface area (Å²) in [6, 6.07) is 10.0. The number of ether oxygens (including phenoxy) is 1. The van der Waals surface area contributed by atoms with Crippen LogP contribution in [-0.2, 0) is 24.3 Å². The number of amides is 1. The molecule has 0 radical (unpaired) electrons. The fourth-order valence-electron chi connectivity index (χ4n) is 1.89. The van der Waals surface area contributed by atoms with Crippen LogP contribution in [-0.4, -0.2) is 26.9 Å². The van der Waals surface area contributed by atoms with E-state index in [9.17, 15) is 18.0 Å². The van der Waals surface area contributed by atoms with E-state index in [4.69, 9.17) is 33.1 Å². The molecule has 2 aromatic carbocycles. The molecule has 10 heteroatoms. The Morgan fingerprint density at radius 1 is 1.07 bits per heavy atom. The lowest BCUT2D eigenvalue weighted by Gasteiger charge is -2.06. The lowest BCUT2D eigenvalue weighted by atomic mass is 10.2. The highest BCUT2D eigenvalue weighted by Crippen LogP contribution is 2.23. The number of nitrogens with two attached hydrogens (primary N) is 1. The summed E-state index contributed by atoms with van der Waals surface area (Å²) in [5, 5.41) is 8.18. The van der Waals surface area contributed by atoms with Gasteiger partial charge in [0, 0.05) is 11.8 Å². The molecule has 0 aliphatic carbocycles. The Bertz CT molecular complexity index is 989. The topological polar surface area (TPSA) is 116 Å². The van der Waals surface area contributed by atoms with E-state index in [-0.39, 0.29) is 4.90 Å². The van der Waals surface area contributed by atoms with E-state index in [2.05, 4.69) is 5.32 Å². The average molecular weight is 429 g/mol. The Balaban J connectivity index is 1.84. The largest absolute Gasteiger partial charge is 0.452 e. The van der Waals surface area contributed by atoms with Crippen LogP contribution >= 0.6 is 23.2 Å². The van der Waals surface area contributed by atoms with E-state index in [0.717, 1.165) is 6.08 Å². The minimum Gasteiger partial charge on any atom is -0.452 e. The van der Waals surface area contributed by atoms with Gasteiger partial charge in [-0.3, -0.25) is 4.79 Å². The number of halogens is 2. The summed E-state index contributed by atoms with van der Waals surface area (Å²) >= 11 is 11.7. The maximum absolute atomic E-state index is 11.8. The van der Waals surface area contributed by atoms with Crippen molar-refractivity contribution in [3.63, 3.8) is 0 Å². The fourth-order valence-corrected chi connectivity index (χ4v) is 2.71. The second kappa shape index (κ2) is 9.01. The zero-order chi connectivity index (χ0) is 20.0. The van der Waals surface area contributed by atoms with Crippen molar-refractivity contribution in [2.24, 2.45) is 5.14 Å². The number of hydrogen-bond acceptors (Lipinski definition) is 5. The summed E-state index contributed by atoms with van der Waals surface area (Å²) < 4.78 is 27.1. The number of nitrogens with one attached hydrogen (secondary N) is 1. The first-order valence-electron chi connectivity index (χ1n) is 7.38. The number of esters is 1. The van der Waals surface area contributed by atoms with Gasteiger partial charge in [-0.15, -0.1) is 0 Å². The van der Waals surface area contributed by atoms with Crippen molar-refractivity contribution >= 4 is 56.9 Å². The highest BCUT2D eigenvalue weighted by atomic mass is 35.5. The van der Waals surface area contributed by atoms with Crippen LogP contribution in [0.15, 0.2) is 53.4 Å². The summed E-state index contributed by atoms with van der Waals surface area (Å²) in [7, 11) is -3.81. The van der Waals surface area contributed by atoms with Crippen LogP contribution in [0.4, 0.5) is 5.69 Å². The second-order valence-corrected chi connectivity index (χ2v) is 7.61. The highest BCUT2D eigenvalue weighted by molar-refractivity contribution is 7.89. The van der Waals surface area contributed by atoms with Gasteiger partial charge >= 0.3 is 5.97 Å². The molecular weight excluding hydrogens is 415 g/mol. The van der Waals surface area contributed by atoms with Gasteiger partial charge in [0.1, 0.15) is 0 Å². The summed E-state index contributed by atoms with van der Waals surface area (Å²) in [5.41, 5.74) is 0.968. The second-order valence-electron chi connectivity index (χ2n) is 5.23. The van der Waals surface area contributed by atoms with Gasteiger partial charge in [0.25, 0.3) is 5.91 Å². The number of carbonyl (C=O) groups is 2. The lowest BCUT2D eigenvalue weighted by molar-refractivity contribution is -0.142. The maximum atomic E-state index is 11.8. The van der Waals surface area contributed by atoms with Gasteiger partial charge in [-0.2, -0.15) is 0 Å². The summed E-state index contributed by atoms with van der Waals surface area (Å²) in [4.78, 5) is 23.3. The van der Waals surface area contributed by atoms with E-state index in [0.29, 0.717) is 21.3 Å². The molecule has 0 atom stereocenters. The lowest BCUT2D eigenvalue weighted by Crippen LogP contribution is -2.20. The Morgan fingerprint density at radius 2 is 1.74 bits per heavy atom. The predicted molar refractivity (Wildman–Crippen MR) is 103 cm³/mol. The number of benzene rings is 2. The van der Waals surface area contributed by atoms with Crippen molar-refractivity contribution in [3.8, 4) is 0 Å². The normalized spacial score (nSPS) is 11.4. The first-order chi connectivity index (χ1) is 12.6. The van der Waals surface area contributed by atoms with Crippen molar-refractivity contribution in [2.75, 3.05) is 11.9 Å². The minimum atomic E-state index is -3.81. The number of hydrogen-bond donors (Lipinski definition) is 2. The van der Waals surface area contributed by atoms with E-state index in [1.54, 1.807) is 18.2 Å². The third-order valence-electron chi connectivity index (χ3n) is 3.17. The molecule has 27 heavy (non-hydrogen) atoms. The first-order valence-corrected chi connectivity index (χ1v) is 9.68. The maximum Gasteiger partial charge on any atom is 0.331 e. The standard InChI is InChI=1S/C17H14Cl2N2O5S/c18-14-7-1-11(9-15(14)19)2-8-17(23)26-10-16(22)21-12-3-5-13(6-4-12)27(20,24)25/h1-9H,10H2,(H,21,22)(H2,20,24,25)/b8-2+. The van der Waals surface area contributed by atoms with Crippen LogP contribution in [0.1, 0.15) is 5.56 Å². The van der Waals surface area contributed by atoms with Gasteiger partial charge in [0.2, 0.25) is 10.0 Å². The van der Waals surface area contributed by atoms with E-state index < -0.39 is 28.5 Å². The number of primary sulfonamides is 1. The van der Waals surface area contributed by atoms with Gasteiger partial charge in [0.05, 0.1) is 14.9 Å². The van der Waals surface area contributed by atoms with Gasteiger partial charge in [-0.25, -0.2) is 18.4 Å². The van der Waals surface area contributed by atoms with Gasteiger partial charge in [-0.05, 0) is 48.0 Å². The third-order valence-corrected chi connectivity index (χ3v) is 4.84. The molecule has 0 aromatic heterocycles. The smallest absolute Gasteiger partial charge is 0.331 e. The Morgan fingerprint density at radius 3 is 2.33 bits per heavy atom. The van der Waals surface area contributed by atoms with Crippen LogP contribution in [0.5, 0.6) is 0 Å². The number of sulfonamides is 1. The molecule has 1 amide bonds. The van der Waals surface area contributed by atoms with Crippen molar-refractivity contribution in [1.82, 2.24) is 0 Å². The number of anilines is 1.